The lowest BCUT2D eigenvalue weighted by molar-refractivity contribution is 0.0570. The average molecular weight is 266 g/mol. The van der Waals surface area contributed by atoms with Gasteiger partial charge in [0.15, 0.2) is 0 Å². The molecule has 0 bridgehead atoms. The van der Waals surface area contributed by atoms with E-state index in [1.807, 2.05) is 19.1 Å². The minimum atomic E-state index is -0.0435. The van der Waals surface area contributed by atoms with Crippen molar-refractivity contribution >= 4 is 11.9 Å². The molecule has 0 aromatic carbocycles. The fourth-order valence-electron chi connectivity index (χ4n) is 3.03. The van der Waals surface area contributed by atoms with Gasteiger partial charge in [0.25, 0.3) is 0 Å². The largest absolute Gasteiger partial charge is 0.338 e. The van der Waals surface area contributed by atoms with Gasteiger partial charge in [0.2, 0.25) is 0 Å². The Balaban J connectivity index is 2.13. The molecule has 2 rings (SSSR count). The molecule has 1 N–H and O–H groups in total. The number of hydrogen-bond donors (Lipinski definition) is 1. The topological polar surface area (TPSA) is 47.9 Å². The Morgan fingerprint density at radius 1 is 1.32 bits per heavy atom. The summed E-state index contributed by atoms with van der Waals surface area (Å²) in [5.74, 6) is 0.882. The minimum absolute atomic E-state index is 0.0435. The van der Waals surface area contributed by atoms with E-state index < -0.39 is 0 Å². The SMILES string of the molecule is CCCC1C(=NC2CCCCC2)NC(=O)N1N(C)C. The second kappa shape index (κ2) is 6.37. The van der Waals surface area contributed by atoms with Gasteiger partial charge in [0.05, 0.1) is 6.04 Å². The molecular formula is C14H26N4O. The number of aliphatic imine (C=N–C) groups is 1. The van der Waals surface area contributed by atoms with E-state index in [0.717, 1.165) is 18.7 Å². The van der Waals surface area contributed by atoms with Crippen molar-refractivity contribution in [3.63, 3.8) is 0 Å². The first kappa shape index (κ1) is 14.3. The van der Waals surface area contributed by atoms with Gasteiger partial charge in [0, 0.05) is 14.1 Å². The van der Waals surface area contributed by atoms with Crippen molar-refractivity contribution in [1.82, 2.24) is 15.3 Å². The quantitative estimate of drug-likeness (QED) is 0.849. The lowest BCUT2D eigenvalue weighted by Crippen LogP contribution is -2.44. The van der Waals surface area contributed by atoms with Crippen LogP contribution >= 0.6 is 0 Å². The van der Waals surface area contributed by atoms with Gasteiger partial charge in [-0.05, 0) is 19.3 Å². The highest BCUT2D eigenvalue weighted by Gasteiger charge is 2.37. The number of rotatable bonds is 4. The number of carbonyl (C=O) groups is 1. The van der Waals surface area contributed by atoms with Gasteiger partial charge < -0.3 is 0 Å². The molecule has 108 valence electrons. The molecule has 1 saturated heterocycles. The Morgan fingerprint density at radius 3 is 2.58 bits per heavy atom. The molecule has 1 saturated carbocycles. The van der Waals surface area contributed by atoms with Crippen LogP contribution in [0.3, 0.4) is 0 Å². The fraction of sp³-hybridized carbons (Fsp3) is 0.857. The summed E-state index contributed by atoms with van der Waals surface area (Å²) in [5, 5.41) is 6.61. The maximum absolute atomic E-state index is 12.0. The molecule has 0 spiro atoms. The van der Waals surface area contributed by atoms with Gasteiger partial charge >= 0.3 is 6.03 Å². The molecule has 2 aliphatic rings. The van der Waals surface area contributed by atoms with E-state index in [1.54, 1.807) is 5.01 Å². The van der Waals surface area contributed by atoms with Crippen molar-refractivity contribution in [1.29, 1.82) is 0 Å². The van der Waals surface area contributed by atoms with Gasteiger partial charge in [-0.2, -0.15) is 0 Å². The van der Waals surface area contributed by atoms with Crippen LogP contribution in [0.1, 0.15) is 51.9 Å². The highest BCUT2D eigenvalue weighted by atomic mass is 16.2. The van der Waals surface area contributed by atoms with E-state index in [-0.39, 0.29) is 12.1 Å². The summed E-state index contributed by atoms with van der Waals surface area (Å²) in [4.78, 5) is 16.9. The summed E-state index contributed by atoms with van der Waals surface area (Å²) in [7, 11) is 3.82. The normalized spacial score (nSPS) is 27.4. The summed E-state index contributed by atoms with van der Waals surface area (Å²) >= 11 is 0. The molecule has 0 aromatic rings. The molecule has 1 atom stereocenters. The molecule has 19 heavy (non-hydrogen) atoms. The monoisotopic (exact) mass is 266 g/mol. The third-order valence-corrected chi connectivity index (χ3v) is 3.94. The molecule has 1 heterocycles. The maximum atomic E-state index is 12.0. The summed E-state index contributed by atoms with van der Waals surface area (Å²) in [6.07, 6.45) is 8.21. The van der Waals surface area contributed by atoms with Crippen LogP contribution in [0.25, 0.3) is 0 Å². The van der Waals surface area contributed by atoms with Crippen molar-refractivity contribution in [2.24, 2.45) is 4.99 Å². The van der Waals surface area contributed by atoms with Crippen molar-refractivity contribution < 1.29 is 4.79 Å². The molecule has 1 aliphatic carbocycles. The van der Waals surface area contributed by atoms with E-state index in [1.165, 1.54) is 32.1 Å². The van der Waals surface area contributed by atoms with Crippen LogP contribution < -0.4 is 5.32 Å². The fourth-order valence-corrected chi connectivity index (χ4v) is 3.03. The predicted molar refractivity (Wildman–Crippen MR) is 77.1 cm³/mol. The van der Waals surface area contributed by atoms with Gasteiger partial charge in [-0.1, -0.05) is 32.6 Å². The van der Waals surface area contributed by atoms with Crippen LogP contribution in [0.4, 0.5) is 4.79 Å². The van der Waals surface area contributed by atoms with Crippen molar-refractivity contribution in [3.05, 3.63) is 0 Å². The van der Waals surface area contributed by atoms with Gasteiger partial charge in [0.1, 0.15) is 11.9 Å². The van der Waals surface area contributed by atoms with Gasteiger partial charge in [-0.3, -0.25) is 10.3 Å². The molecule has 1 unspecified atom stereocenters. The second-order valence-electron chi connectivity index (χ2n) is 5.73. The second-order valence-corrected chi connectivity index (χ2v) is 5.73. The highest BCUT2D eigenvalue weighted by Crippen LogP contribution is 2.23. The first-order valence-corrected chi connectivity index (χ1v) is 7.48. The molecular weight excluding hydrogens is 240 g/mol. The van der Waals surface area contributed by atoms with Crippen LogP contribution in [0.5, 0.6) is 0 Å². The minimum Gasteiger partial charge on any atom is -0.293 e. The number of nitrogens with zero attached hydrogens (tertiary/aromatic N) is 3. The third kappa shape index (κ3) is 3.26. The smallest absolute Gasteiger partial charge is 0.293 e. The maximum Gasteiger partial charge on any atom is 0.338 e. The number of hydrogen-bond acceptors (Lipinski definition) is 3. The summed E-state index contributed by atoms with van der Waals surface area (Å²) < 4.78 is 0. The summed E-state index contributed by atoms with van der Waals surface area (Å²) in [5.41, 5.74) is 0. The third-order valence-electron chi connectivity index (χ3n) is 3.94. The molecule has 2 fully saturated rings. The predicted octanol–water partition coefficient (Wildman–Crippen LogP) is 2.39. The zero-order valence-corrected chi connectivity index (χ0v) is 12.4. The van der Waals surface area contributed by atoms with Crippen molar-refractivity contribution in [2.75, 3.05) is 14.1 Å². The number of nitrogens with one attached hydrogen (secondary N) is 1. The van der Waals surface area contributed by atoms with Crippen LogP contribution in [-0.2, 0) is 0 Å². The highest BCUT2D eigenvalue weighted by molar-refractivity contribution is 6.06. The van der Waals surface area contributed by atoms with E-state index in [9.17, 15) is 4.79 Å². The van der Waals surface area contributed by atoms with E-state index >= 15 is 0 Å². The average Bonchev–Trinajstić information content (AvgIpc) is 2.67. The van der Waals surface area contributed by atoms with E-state index in [0.29, 0.717) is 6.04 Å². The Morgan fingerprint density at radius 2 is 2.00 bits per heavy atom. The number of hydrazine groups is 1. The van der Waals surface area contributed by atoms with E-state index in [2.05, 4.69) is 12.2 Å². The molecule has 5 heteroatoms. The van der Waals surface area contributed by atoms with Gasteiger partial charge in [-0.25, -0.2) is 14.8 Å². The lowest BCUT2D eigenvalue weighted by atomic mass is 9.96. The Hall–Kier alpha value is -1.10. The Labute approximate surface area is 116 Å². The van der Waals surface area contributed by atoms with Gasteiger partial charge in [-0.15, -0.1) is 0 Å². The number of urea groups is 1. The summed E-state index contributed by atoms with van der Waals surface area (Å²) in [6.45, 7) is 2.15. The first-order chi connectivity index (χ1) is 9.13. The van der Waals surface area contributed by atoms with Crippen LogP contribution in [0, 0.1) is 0 Å². The lowest BCUT2D eigenvalue weighted by Gasteiger charge is -2.28. The number of carbonyl (C=O) groups excluding carboxylic acids is 1. The first-order valence-electron chi connectivity index (χ1n) is 7.48. The molecule has 0 aromatic heterocycles. The molecule has 2 amide bonds. The van der Waals surface area contributed by atoms with Crippen LogP contribution in [-0.4, -0.2) is 48.1 Å². The number of amidine groups is 1. The Bertz CT molecular complexity index is 347. The van der Waals surface area contributed by atoms with Crippen molar-refractivity contribution in [2.45, 2.75) is 64.0 Å². The molecule has 5 nitrogen and oxygen atoms in total. The Kier molecular flexibility index (Phi) is 4.80. The molecule has 1 aliphatic heterocycles. The van der Waals surface area contributed by atoms with Crippen LogP contribution in [0.2, 0.25) is 0 Å². The zero-order valence-electron chi connectivity index (χ0n) is 12.4. The molecule has 0 radical (unpaired) electrons. The van der Waals surface area contributed by atoms with E-state index in [4.69, 9.17) is 4.99 Å². The van der Waals surface area contributed by atoms with Crippen molar-refractivity contribution in [3.8, 4) is 0 Å². The summed E-state index contributed by atoms with van der Waals surface area (Å²) in [6, 6.07) is 0.456. The number of amides is 2. The van der Waals surface area contributed by atoms with Crippen LogP contribution in [0.15, 0.2) is 4.99 Å². The zero-order chi connectivity index (χ0) is 13.8. The standard InChI is InChI=1S/C14H26N4O/c1-4-8-12-13(15-11-9-6-5-7-10-11)16-14(19)18(12)17(2)3/h11-12H,4-10H2,1-3H3,(H,15,16,19).